The zero-order chi connectivity index (χ0) is 13.4. The molecule has 2 N–H and O–H groups in total. The van der Waals surface area contributed by atoms with Crippen molar-refractivity contribution in [1.82, 2.24) is 14.8 Å². The molecule has 0 fully saturated rings. The third-order valence-corrected chi connectivity index (χ3v) is 2.94. The highest BCUT2D eigenvalue weighted by Gasteiger charge is 2.05. The molecule has 4 nitrogen and oxygen atoms in total. The molecular formula is C14H26N4. The molecule has 0 radical (unpaired) electrons. The number of nitrogens with two attached hydrogens (primary N) is 1. The predicted octanol–water partition coefficient (Wildman–Crippen LogP) is 1.48. The molecule has 0 bridgehead atoms. The first-order chi connectivity index (χ1) is 8.61. The first kappa shape index (κ1) is 14.9. The Hall–Kier alpha value is -1.13. The van der Waals surface area contributed by atoms with Gasteiger partial charge in [-0.05, 0) is 39.2 Å². The predicted molar refractivity (Wildman–Crippen MR) is 77.6 cm³/mol. The Bertz CT molecular complexity index is 321. The summed E-state index contributed by atoms with van der Waals surface area (Å²) in [7, 11) is 4.23. The fraction of sp³-hybridized carbons (Fsp3) is 0.643. The van der Waals surface area contributed by atoms with E-state index in [4.69, 9.17) is 5.73 Å². The van der Waals surface area contributed by atoms with Crippen molar-refractivity contribution in [3.05, 3.63) is 24.0 Å². The lowest BCUT2D eigenvalue weighted by atomic mass is 10.2. The summed E-state index contributed by atoms with van der Waals surface area (Å²) in [5, 5.41) is 0. The van der Waals surface area contributed by atoms with Crippen molar-refractivity contribution in [1.29, 1.82) is 0 Å². The van der Waals surface area contributed by atoms with E-state index in [1.54, 1.807) is 6.20 Å². The van der Waals surface area contributed by atoms with Gasteiger partial charge in [-0.3, -0.25) is 4.98 Å². The fourth-order valence-corrected chi connectivity index (χ4v) is 1.85. The first-order valence-electron chi connectivity index (χ1n) is 6.69. The quantitative estimate of drug-likeness (QED) is 0.759. The molecule has 1 aromatic rings. The highest BCUT2D eigenvalue weighted by molar-refractivity contribution is 5.34. The lowest BCUT2D eigenvalue weighted by Crippen LogP contribution is -2.34. The number of rotatable bonds is 8. The maximum absolute atomic E-state index is 5.63. The van der Waals surface area contributed by atoms with E-state index in [0.29, 0.717) is 0 Å². The number of anilines is 1. The van der Waals surface area contributed by atoms with Crippen LogP contribution < -0.4 is 5.73 Å². The van der Waals surface area contributed by atoms with Crippen LogP contribution in [0, 0.1) is 0 Å². The standard InChI is InChI=1S/C14H26N4/c1-4-8-18(11-10-17(2)3)9-7-14-6-5-13(15)12-16-14/h5-6,12H,4,7-11,15H2,1-3H3. The van der Waals surface area contributed by atoms with E-state index in [0.717, 1.165) is 44.0 Å². The van der Waals surface area contributed by atoms with Crippen molar-refractivity contribution in [3.8, 4) is 0 Å². The summed E-state index contributed by atoms with van der Waals surface area (Å²) in [6, 6.07) is 3.94. The van der Waals surface area contributed by atoms with Crippen molar-refractivity contribution in [2.45, 2.75) is 19.8 Å². The van der Waals surface area contributed by atoms with E-state index >= 15 is 0 Å². The van der Waals surface area contributed by atoms with Gasteiger partial charge in [0.05, 0.1) is 11.9 Å². The molecule has 0 unspecified atom stereocenters. The summed E-state index contributed by atoms with van der Waals surface area (Å²) >= 11 is 0. The van der Waals surface area contributed by atoms with E-state index in [9.17, 15) is 0 Å². The molecule has 0 aromatic carbocycles. The summed E-state index contributed by atoms with van der Waals surface area (Å²) in [6.07, 6.45) is 3.93. The Labute approximate surface area is 111 Å². The van der Waals surface area contributed by atoms with Crippen LogP contribution in [0.4, 0.5) is 5.69 Å². The maximum Gasteiger partial charge on any atom is 0.0501 e. The van der Waals surface area contributed by atoms with E-state index in [2.05, 4.69) is 35.8 Å². The average Bonchev–Trinajstić information content (AvgIpc) is 2.34. The van der Waals surface area contributed by atoms with Crippen LogP contribution in [-0.4, -0.2) is 55.1 Å². The highest BCUT2D eigenvalue weighted by Crippen LogP contribution is 2.03. The van der Waals surface area contributed by atoms with Gasteiger partial charge < -0.3 is 15.5 Å². The van der Waals surface area contributed by atoms with Gasteiger partial charge in [0, 0.05) is 31.7 Å². The van der Waals surface area contributed by atoms with Crippen LogP contribution in [0.15, 0.2) is 18.3 Å². The molecule has 0 aliphatic rings. The Morgan fingerprint density at radius 1 is 1.11 bits per heavy atom. The SMILES string of the molecule is CCCN(CCc1ccc(N)cn1)CCN(C)C. The van der Waals surface area contributed by atoms with Crippen molar-refractivity contribution >= 4 is 5.69 Å². The Morgan fingerprint density at radius 2 is 1.89 bits per heavy atom. The zero-order valence-electron chi connectivity index (χ0n) is 11.9. The number of nitrogens with zero attached hydrogens (tertiary/aromatic N) is 3. The van der Waals surface area contributed by atoms with Crippen molar-refractivity contribution in [2.75, 3.05) is 46.0 Å². The van der Waals surface area contributed by atoms with Gasteiger partial charge in [-0.15, -0.1) is 0 Å². The molecule has 0 amide bonds. The number of nitrogen functional groups attached to an aromatic ring is 1. The monoisotopic (exact) mass is 250 g/mol. The number of likely N-dealkylation sites (N-methyl/N-ethyl adjacent to an activating group) is 1. The molecular weight excluding hydrogens is 224 g/mol. The average molecular weight is 250 g/mol. The maximum atomic E-state index is 5.63. The molecule has 0 atom stereocenters. The summed E-state index contributed by atoms with van der Waals surface area (Å²) in [5.74, 6) is 0. The van der Waals surface area contributed by atoms with Gasteiger partial charge in [-0.2, -0.15) is 0 Å². The van der Waals surface area contributed by atoms with E-state index < -0.39 is 0 Å². The Balaban J connectivity index is 2.38. The highest BCUT2D eigenvalue weighted by atomic mass is 15.2. The molecule has 0 aliphatic heterocycles. The molecule has 0 saturated heterocycles. The van der Waals surface area contributed by atoms with Crippen molar-refractivity contribution in [3.63, 3.8) is 0 Å². The summed E-state index contributed by atoms with van der Waals surface area (Å²) in [6.45, 7) is 6.68. The van der Waals surface area contributed by atoms with Crippen LogP contribution in [0.5, 0.6) is 0 Å². The Morgan fingerprint density at radius 3 is 2.44 bits per heavy atom. The van der Waals surface area contributed by atoms with E-state index in [1.165, 1.54) is 6.42 Å². The molecule has 0 aliphatic carbocycles. The second-order valence-corrected chi connectivity index (χ2v) is 4.98. The molecule has 0 saturated carbocycles. The topological polar surface area (TPSA) is 45.4 Å². The molecule has 18 heavy (non-hydrogen) atoms. The first-order valence-corrected chi connectivity index (χ1v) is 6.69. The lowest BCUT2D eigenvalue weighted by molar-refractivity contribution is 0.243. The molecule has 102 valence electrons. The van der Waals surface area contributed by atoms with Gasteiger partial charge in [0.2, 0.25) is 0 Å². The third kappa shape index (κ3) is 5.98. The fourth-order valence-electron chi connectivity index (χ4n) is 1.85. The number of aromatic nitrogens is 1. The van der Waals surface area contributed by atoms with Gasteiger partial charge in [0.1, 0.15) is 0 Å². The minimum atomic E-state index is 0.733. The normalized spacial score (nSPS) is 11.4. The molecule has 0 spiro atoms. The molecule has 1 rings (SSSR count). The summed E-state index contributed by atoms with van der Waals surface area (Å²) in [4.78, 5) is 9.07. The van der Waals surface area contributed by atoms with Gasteiger partial charge in [0.15, 0.2) is 0 Å². The van der Waals surface area contributed by atoms with Crippen LogP contribution in [-0.2, 0) is 6.42 Å². The van der Waals surface area contributed by atoms with Gasteiger partial charge in [-0.1, -0.05) is 6.92 Å². The minimum absolute atomic E-state index is 0.733. The van der Waals surface area contributed by atoms with Gasteiger partial charge in [-0.25, -0.2) is 0 Å². The van der Waals surface area contributed by atoms with Crippen molar-refractivity contribution in [2.24, 2.45) is 0 Å². The second kappa shape index (κ2) is 8.06. The Kier molecular flexibility index (Phi) is 6.68. The number of hydrogen-bond acceptors (Lipinski definition) is 4. The molecule has 1 aromatic heterocycles. The van der Waals surface area contributed by atoms with Crippen LogP contribution >= 0.6 is 0 Å². The minimum Gasteiger partial charge on any atom is -0.397 e. The zero-order valence-corrected chi connectivity index (χ0v) is 11.9. The second-order valence-electron chi connectivity index (χ2n) is 4.98. The number of pyridine rings is 1. The summed E-state index contributed by atoms with van der Waals surface area (Å²) < 4.78 is 0. The largest absolute Gasteiger partial charge is 0.397 e. The van der Waals surface area contributed by atoms with E-state index in [1.807, 2.05) is 12.1 Å². The van der Waals surface area contributed by atoms with Crippen molar-refractivity contribution < 1.29 is 0 Å². The van der Waals surface area contributed by atoms with Gasteiger partial charge >= 0.3 is 0 Å². The smallest absolute Gasteiger partial charge is 0.0501 e. The molecule has 1 heterocycles. The number of hydrogen-bond donors (Lipinski definition) is 1. The summed E-state index contributed by atoms with van der Waals surface area (Å²) in [5.41, 5.74) is 7.49. The van der Waals surface area contributed by atoms with Gasteiger partial charge in [0.25, 0.3) is 0 Å². The van der Waals surface area contributed by atoms with Crippen LogP contribution in [0.3, 0.4) is 0 Å². The van der Waals surface area contributed by atoms with Crippen LogP contribution in [0.25, 0.3) is 0 Å². The third-order valence-electron chi connectivity index (χ3n) is 2.94. The van der Waals surface area contributed by atoms with E-state index in [-0.39, 0.29) is 0 Å². The van der Waals surface area contributed by atoms with Crippen LogP contribution in [0.2, 0.25) is 0 Å². The lowest BCUT2D eigenvalue weighted by Gasteiger charge is -2.23. The molecule has 4 heteroatoms. The van der Waals surface area contributed by atoms with Crippen LogP contribution in [0.1, 0.15) is 19.0 Å².